The van der Waals surface area contributed by atoms with Crippen molar-refractivity contribution in [1.29, 1.82) is 0 Å². The van der Waals surface area contributed by atoms with E-state index in [9.17, 15) is 5.11 Å². The number of aliphatic hydroxyl groups is 1. The zero-order chi connectivity index (χ0) is 25.3. The third kappa shape index (κ3) is 8.14. The summed E-state index contributed by atoms with van der Waals surface area (Å²) in [4.78, 5) is 0. The van der Waals surface area contributed by atoms with Gasteiger partial charge in [0.05, 0.1) is 6.10 Å². The fourth-order valence-electron chi connectivity index (χ4n) is 6.50. The summed E-state index contributed by atoms with van der Waals surface area (Å²) in [6, 6.07) is 0. The maximum Gasteiger partial charge on any atom is 0.122 e. The molecule has 5 unspecified atom stereocenters. The van der Waals surface area contributed by atoms with E-state index in [0.717, 1.165) is 56.3 Å². The monoisotopic (exact) mass is 474 g/mol. The lowest BCUT2D eigenvalue weighted by molar-refractivity contribution is -0.0188. The van der Waals surface area contributed by atoms with Gasteiger partial charge in [0, 0.05) is 5.92 Å². The quantitative estimate of drug-likeness (QED) is 0.256. The van der Waals surface area contributed by atoms with Crippen molar-refractivity contribution in [2.75, 3.05) is 0 Å². The molecule has 2 heteroatoms. The maximum atomic E-state index is 11.0. The van der Waals surface area contributed by atoms with E-state index in [1.807, 2.05) is 0 Å². The maximum absolute atomic E-state index is 11.0. The van der Waals surface area contributed by atoms with Crippen LogP contribution in [0.1, 0.15) is 145 Å². The van der Waals surface area contributed by atoms with Crippen molar-refractivity contribution in [3.8, 4) is 0 Å². The van der Waals surface area contributed by atoms with Crippen LogP contribution in [-0.4, -0.2) is 16.8 Å². The zero-order valence-electron chi connectivity index (χ0n) is 24.1. The number of ether oxygens (including phenoxy) is 1. The Balaban J connectivity index is 1.83. The highest BCUT2D eigenvalue weighted by Crippen LogP contribution is 2.48. The molecule has 1 fully saturated rings. The Morgan fingerprint density at radius 2 is 1.41 bits per heavy atom. The van der Waals surface area contributed by atoms with Gasteiger partial charge in [-0.3, -0.25) is 0 Å². The Bertz CT molecular complexity index is 672. The number of aliphatic hydroxyl groups excluding tert-OH is 1. The molecular formula is C32H58O2. The summed E-state index contributed by atoms with van der Waals surface area (Å²) in [6.45, 7) is 18.5. The Morgan fingerprint density at radius 3 is 1.94 bits per heavy atom. The topological polar surface area (TPSA) is 29.5 Å². The van der Waals surface area contributed by atoms with Crippen LogP contribution in [0.15, 0.2) is 22.5 Å². The Kier molecular flexibility index (Phi) is 12.2. The average Bonchev–Trinajstić information content (AvgIpc) is 2.78. The molecule has 2 rings (SSSR count). The standard InChI is InChI=1S/C32H58O2/c1-9-26-28(11-3)31-29(27(10-2)30(26)33)20-22-32(8,34-31)21-14-19-25(7)18-13-17-24(6)16-12-15-23(4)5/h23-26,30,33H,9-22H2,1-8H3. The molecule has 0 radical (unpaired) electrons. The zero-order valence-corrected chi connectivity index (χ0v) is 24.1. The van der Waals surface area contributed by atoms with E-state index in [4.69, 9.17) is 4.74 Å². The minimum atomic E-state index is -0.310. The lowest BCUT2D eigenvalue weighted by Crippen LogP contribution is -2.38. The summed E-state index contributed by atoms with van der Waals surface area (Å²) in [7, 11) is 0. The van der Waals surface area contributed by atoms with Gasteiger partial charge in [0.25, 0.3) is 0 Å². The highest BCUT2D eigenvalue weighted by Gasteiger charge is 2.41. The molecule has 1 heterocycles. The smallest absolute Gasteiger partial charge is 0.122 e. The molecule has 0 bridgehead atoms. The van der Waals surface area contributed by atoms with E-state index < -0.39 is 0 Å². The van der Waals surface area contributed by atoms with Crippen LogP contribution in [0, 0.1) is 23.7 Å². The first-order valence-corrected chi connectivity index (χ1v) is 15.0. The van der Waals surface area contributed by atoms with Crippen molar-refractivity contribution in [3.63, 3.8) is 0 Å². The molecule has 198 valence electrons. The van der Waals surface area contributed by atoms with Gasteiger partial charge in [-0.2, -0.15) is 0 Å². The molecule has 2 nitrogen and oxygen atoms in total. The summed E-state index contributed by atoms with van der Waals surface area (Å²) in [6.07, 6.45) is 16.8. The molecule has 0 aromatic heterocycles. The molecule has 1 aliphatic carbocycles. The van der Waals surface area contributed by atoms with Gasteiger partial charge < -0.3 is 9.84 Å². The average molecular weight is 475 g/mol. The molecule has 0 spiro atoms. The van der Waals surface area contributed by atoms with E-state index in [0.29, 0.717) is 0 Å². The highest BCUT2D eigenvalue weighted by atomic mass is 16.5. The molecule has 5 atom stereocenters. The fourth-order valence-corrected chi connectivity index (χ4v) is 6.50. The van der Waals surface area contributed by atoms with Crippen molar-refractivity contribution in [2.45, 2.75) is 157 Å². The van der Waals surface area contributed by atoms with Crippen LogP contribution in [0.2, 0.25) is 0 Å². The van der Waals surface area contributed by atoms with Gasteiger partial charge in [-0.15, -0.1) is 0 Å². The number of hydrogen-bond donors (Lipinski definition) is 1. The largest absolute Gasteiger partial charge is 0.487 e. The normalized spacial score (nSPS) is 27.1. The molecule has 34 heavy (non-hydrogen) atoms. The van der Waals surface area contributed by atoms with Gasteiger partial charge in [-0.05, 0) is 86.3 Å². The third-order valence-corrected chi connectivity index (χ3v) is 8.87. The predicted octanol–water partition coefficient (Wildman–Crippen LogP) is 9.77. The molecule has 0 aromatic carbocycles. The molecule has 1 N–H and O–H groups in total. The second-order valence-electron chi connectivity index (χ2n) is 12.4. The van der Waals surface area contributed by atoms with Crippen molar-refractivity contribution in [3.05, 3.63) is 22.5 Å². The highest BCUT2D eigenvalue weighted by molar-refractivity contribution is 5.44. The first-order chi connectivity index (χ1) is 16.2. The Labute approximate surface area is 213 Å². The molecule has 0 aromatic rings. The first kappa shape index (κ1) is 29.5. The van der Waals surface area contributed by atoms with Crippen LogP contribution in [-0.2, 0) is 4.74 Å². The van der Waals surface area contributed by atoms with Gasteiger partial charge in [-0.25, -0.2) is 0 Å². The number of fused-ring (bicyclic) bond motifs is 1. The van der Waals surface area contributed by atoms with Gasteiger partial charge in [0.1, 0.15) is 11.4 Å². The van der Waals surface area contributed by atoms with E-state index in [-0.39, 0.29) is 17.6 Å². The molecule has 1 aliphatic heterocycles. The SMILES string of the molecule is CCC1=C2CCC(C)(CCCC(C)CCCC(C)CCCC(C)C)OC2=C(CC)C(CC)C1O. The minimum Gasteiger partial charge on any atom is -0.487 e. The second kappa shape index (κ2) is 14.1. The number of allylic oxidation sites excluding steroid dienone is 1. The fraction of sp³-hybridized carbons (Fsp3) is 0.875. The third-order valence-electron chi connectivity index (χ3n) is 8.87. The van der Waals surface area contributed by atoms with Crippen LogP contribution in [0.4, 0.5) is 0 Å². The van der Waals surface area contributed by atoms with E-state index in [1.54, 1.807) is 0 Å². The Morgan fingerprint density at radius 1 is 0.853 bits per heavy atom. The minimum absolute atomic E-state index is 0.0522. The first-order valence-electron chi connectivity index (χ1n) is 15.0. The lowest BCUT2D eigenvalue weighted by atomic mass is 9.73. The van der Waals surface area contributed by atoms with E-state index >= 15 is 0 Å². The summed E-state index contributed by atoms with van der Waals surface area (Å²) >= 11 is 0. The lowest BCUT2D eigenvalue weighted by Gasteiger charge is -2.44. The molecule has 2 aliphatic rings. The van der Waals surface area contributed by atoms with Crippen molar-refractivity contribution >= 4 is 0 Å². The van der Waals surface area contributed by atoms with Crippen molar-refractivity contribution in [1.82, 2.24) is 0 Å². The molecule has 0 saturated carbocycles. The number of hydrogen-bond acceptors (Lipinski definition) is 2. The van der Waals surface area contributed by atoms with E-state index in [1.165, 1.54) is 73.8 Å². The van der Waals surface area contributed by atoms with Crippen molar-refractivity contribution < 1.29 is 9.84 Å². The second-order valence-corrected chi connectivity index (χ2v) is 12.4. The van der Waals surface area contributed by atoms with Gasteiger partial charge >= 0.3 is 0 Å². The van der Waals surface area contributed by atoms with Gasteiger partial charge in [0.15, 0.2) is 0 Å². The number of rotatable bonds is 15. The summed E-state index contributed by atoms with van der Waals surface area (Å²) in [5.41, 5.74) is 3.89. The molecular weight excluding hydrogens is 416 g/mol. The van der Waals surface area contributed by atoms with Crippen LogP contribution in [0.3, 0.4) is 0 Å². The summed E-state index contributed by atoms with van der Waals surface area (Å²) < 4.78 is 6.85. The molecule has 0 amide bonds. The van der Waals surface area contributed by atoms with Crippen LogP contribution in [0.5, 0.6) is 0 Å². The summed E-state index contributed by atoms with van der Waals surface area (Å²) in [5, 5.41) is 11.0. The van der Waals surface area contributed by atoms with Crippen LogP contribution < -0.4 is 0 Å². The Hall–Kier alpha value is -0.760. The summed E-state index contributed by atoms with van der Waals surface area (Å²) in [5.74, 6) is 3.95. The van der Waals surface area contributed by atoms with Crippen molar-refractivity contribution in [2.24, 2.45) is 23.7 Å². The predicted molar refractivity (Wildman–Crippen MR) is 148 cm³/mol. The van der Waals surface area contributed by atoms with E-state index in [2.05, 4.69) is 55.4 Å². The van der Waals surface area contributed by atoms with Gasteiger partial charge in [-0.1, -0.05) is 93.4 Å². The van der Waals surface area contributed by atoms with Crippen LogP contribution in [0.25, 0.3) is 0 Å². The molecule has 1 saturated heterocycles. The van der Waals surface area contributed by atoms with Gasteiger partial charge in [0.2, 0.25) is 0 Å². The van der Waals surface area contributed by atoms with Crippen LogP contribution >= 0.6 is 0 Å².